The first-order valence-electron chi connectivity index (χ1n) is 6.37. The Bertz CT molecular complexity index is 892. The van der Waals surface area contributed by atoms with Crippen molar-refractivity contribution in [3.63, 3.8) is 0 Å². The summed E-state index contributed by atoms with van der Waals surface area (Å²) in [4.78, 5) is 16.7. The largest absolute Gasteiger partial charge is 0.319 e. The number of amides is 1. The summed E-state index contributed by atoms with van der Waals surface area (Å²) in [7, 11) is 0. The quantitative estimate of drug-likeness (QED) is 0.755. The zero-order chi connectivity index (χ0) is 15.9. The van der Waals surface area contributed by atoms with Gasteiger partial charge in [0.1, 0.15) is 17.2 Å². The molecule has 0 aliphatic rings. The van der Waals surface area contributed by atoms with E-state index < -0.39 is 11.7 Å². The maximum atomic E-state index is 13.4. The van der Waals surface area contributed by atoms with Gasteiger partial charge in [-0.25, -0.2) is 9.37 Å². The van der Waals surface area contributed by atoms with Crippen LogP contribution in [-0.2, 0) is 0 Å². The lowest BCUT2D eigenvalue weighted by Crippen LogP contribution is -2.16. The third kappa shape index (κ3) is 2.53. The minimum Gasteiger partial charge on any atom is -0.319 e. The van der Waals surface area contributed by atoms with Gasteiger partial charge in [-0.1, -0.05) is 29.3 Å². The molecule has 1 aromatic carbocycles. The van der Waals surface area contributed by atoms with Gasteiger partial charge in [0.2, 0.25) is 0 Å². The van der Waals surface area contributed by atoms with Crippen molar-refractivity contribution < 1.29 is 9.18 Å². The summed E-state index contributed by atoms with van der Waals surface area (Å²) in [5.41, 5.74) is 1.60. The summed E-state index contributed by atoms with van der Waals surface area (Å²) in [5.74, 6) is -0.903. The average molecular weight is 338 g/mol. The Labute approximate surface area is 135 Å². The molecule has 1 N–H and O–H groups in total. The number of rotatable bonds is 2. The van der Waals surface area contributed by atoms with Crippen molar-refractivity contribution in [3.05, 3.63) is 63.8 Å². The number of carbonyl (C=O) groups excluding carboxylic acids is 1. The highest BCUT2D eigenvalue weighted by molar-refractivity contribution is 6.44. The van der Waals surface area contributed by atoms with E-state index in [0.29, 0.717) is 22.1 Å². The van der Waals surface area contributed by atoms with Crippen LogP contribution in [0.2, 0.25) is 10.0 Å². The first-order chi connectivity index (χ1) is 10.5. The fourth-order valence-corrected chi connectivity index (χ4v) is 2.54. The van der Waals surface area contributed by atoms with E-state index in [1.807, 2.05) is 0 Å². The minimum atomic E-state index is -0.459. The number of imidazole rings is 1. The van der Waals surface area contributed by atoms with Crippen LogP contribution in [0.1, 0.15) is 16.2 Å². The van der Waals surface area contributed by atoms with Gasteiger partial charge < -0.3 is 5.32 Å². The molecule has 112 valence electrons. The maximum absolute atomic E-state index is 13.4. The van der Waals surface area contributed by atoms with Crippen LogP contribution in [0.4, 0.5) is 10.1 Å². The van der Waals surface area contributed by atoms with Crippen molar-refractivity contribution in [1.29, 1.82) is 0 Å². The van der Waals surface area contributed by atoms with E-state index in [9.17, 15) is 9.18 Å². The third-order valence-electron chi connectivity index (χ3n) is 3.17. The fourth-order valence-electron chi connectivity index (χ4n) is 2.19. The maximum Gasteiger partial charge on any atom is 0.274 e. The lowest BCUT2D eigenvalue weighted by molar-refractivity contribution is 0.102. The number of nitrogens with one attached hydrogen (secondary N) is 1. The topological polar surface area (TPSA) is 46.4 Å². The van der Waals surface area contributed by atoms with Crippen molar-refractivity contribution in [2.75, 3.05) is 5.32 Å². The van der Waals surface area contributed by atoms with E-state index >= 15 is 0 Å². The van der Waals surface area contributed by atoms with Gasteiger partial charge in [-0.15, -0.1) is 0 Å². The molecule has 0 saturated carbocycles. The predicted octanol–water partition coefficient (Wildman–Crippen LogP) is 4.34. The molecule has 0 unspecified atom stereocenters. The van der Waals surface area contributed by atoms with Crippen molar-refractivity contribution in [2.24, 2.45) is 0 Å². The van der Waals surface area contributed by atoms with Crippen molar-refractivity contribution in [3.8, 4) is 0 Å². The molecule has 0 aliphatic heterocycles. The number of pyridine rings is 1. The van der Waals surface area contributed by atoms with Crippen LogP contribution in [0, 0.1) is 12.7 Å². The number of benzene rings is 1. The van der Waals surface area contributed by atoms with E-state index in [-0.39, 0.29) is 10.7 Å². The number of fused-ring (bicyclic) bond motifs is 1. The molecule has 4 nitrogen and oxygen atoms in total. The van der Waals surface area contributed by atoms with Crippen LogP contribution in [-0.4, -0.2) is 15.3 Å². The average Bonchev–Trinajstić information content (AvgIpc) is 2.79. The molecule has 3 rings (SSSR count). The highest BCUT2D eigenvalue weighted by Crippen LogP contribution is 2.30. The Hall–Kier alpha value is -2.11. The zero-order valence-electron chi connectivity index (χ0n) is 11.4. The molecule has 0 saturated heterocycles. The molecule has 2 heterocycles. The van der Waals surface area contributed by atoms with E-state index in [2.05, 4.69) is 10.3 Å². The molecule has 7 heteroatoms. The molecule has 1 amide bonds. The zero-order valence-corrected chi connectivity index (χ0v) is 12.9. The first-order valence-corrected chi connectivity index (χ1v) is 7.12. The van der Waals surface area contributed by atoms with Gasteiger partial charge in [0.15, 0.2) is 0 Å². The molecule has 0 radical (unpaired) electrons. The Balaban J connectivity index is 2.04. The summed E-state index contributed by atoms with van der Waals surface area (Å²) < 4.78 is 14.8. The highest BCUT2D eigenvalue weighted by Gasteiger charge is 2.18. The molecule has 2 aromatic heterocycles. The van der Waals surface area contributed by atoms with Gasteiger partial charge in [0, 0.05) is 6.20 Å². The van der Waals surface area contributed by atoms with Gasteiger partial charge in [-0.3, -0.25) is 9.20 Å². The number of aromatic nitrogens is 2. The van der Waals surface area contributed by atoms with E-state index in [4.69, 9.17) is 23.2 Å². The highest BCUT2D eigenvalue weighted by atomic mass is 35.5. The summed E-state index contributed by atoms with van der Waals surface area (Å²) in [6.07, 6.45) is 1.21. The first kappa shape index (κ1) is 14.8. The number of halogens is 3. The van der Waals surface area contributed by atoms with E-state index in [1.54, 1.807) is 25.1 Å². The summed E-state index contributed by atoms with van der Waals surface area (Å²) in [5, 5.41) is 3.25. The molecular formula is C15H10Cl2FN3O. The molecule has 0 atom stereocenters. The van der Waals surface area contributed by atoms with Crippen molar-refractivity contribution >= 4 is 40.4 Å². The van der Waals surface area contributed by atoms with Crippen LogP contribution in [0.3, 0.4) is 0 Å². The van der Waals surface area contributed by atoms with Crippen LogP contribution in [0.25, 0.3) is 5.65 Å². The van der Waals surface area contributed by atoms with Gasteiger partial charge in [0.25, 0.3) is 5.91 Å². The lowest BCUT2D eigenvalue weighted by Gasteiger charge is -2.08. The number of anilines is 1. The second-order valence-electron chi connectivity index (χ2n) is 4.68. The number of carbonyl (C=O) groups is 1. The molecule has 0 fully saturated rings. The lowest BCUT2D eigenvalue weighted by atomic mass is 10.2. The summed E-state index contributed by atoms with van der Waals surface area (Å²) in [6.45, 7) is 1.68. The molecule has 0 spiro atoms. The minimum absolute atomic E-state index is 0.241. The number of nitrogens with zero attached hydrogens (tertiary/aromatic N) is 2. The summed E-state index contributed by atoms with van der Waals surface area (Å²) in [6, 6.07) is 7.72. The molecule has 22 heavy (non-hydrogen) atoms. The Morgan fingerprint density at radius 2 is 2.05 bits per heavy atom. The normalized spacial score (nSPS) is 10.9. The van der Waals surface area contributed by atoms with Crippen LogP contribution >= 0.6 is 23.2 Å². The van der Waals surface area contributed by atoms with Gasteiger partial charge in [-0.05, 0) is 31.2 Å². The predicted molar refractivity (Wildman–Crippen MR) is 84.3 cm³/mol. The number of hydrogen-bond acceptors (Lipinski definition) is 2. The fraction of sp³-hybridized carbons (Fsp3) is 0.0667. The number of hydrogen-bond donors (Lipinski definition) is 1. The standard InChI is InChI=1S/C15H10Cl2FN3O/c1-8-14(21-7-9(18)5-6-12(21)19-8)15(22)20-11-4-2-3-10(16)13(11)17/h2-7H,1H3,(H,20,22). The Kier molecular flexibility index (Phi) is 3.76. The Morgan fingerprint density at radius 1 is 1.27 bits per heavy atom. The van der Waals surface area contributed by atoms with Gasteiger partial charge in [0.05, 0.1) is 21.4 Å². The van der Waals surface area contributed by atoms with Crippen LogP contribution < -0.4 is 5.32 Å². The molecule has 3 aromatic rings. The smallest absolute Gasteiger partial charge is 0.274 e. The van der Waals surface area contributed by atoms with Crippen LogP contribution in [0.15, 0.2) is 36.5 Å². The summed E-state index contributed by atoms with van der Waals surface area (Å²) >= 11 is 12.0. The Morgan fingerprint density at radius 3 is 2.82 bits per heavy atom. The van der Waals surface area contributed by atoms with Crippen LogP contribution in [0.5, 0.6) is 0 Å². The third-order valence-corrected chi connectivity index (χ3v) is 3.99. The monoisotopic (exact) mass is 337 g/mol. The van der Waals surface area contributed by atoms with Gasteiger partial charge >= 0.3 is 0 Å². The molecular weight excluding hydrogens is 328 g/mol. The second kappa shape index (κ2) is 5.59. The van der Waals surface area contributed by atoms with E-state index in [0.717, 1.165) is 0 Å². The van der Waals surface area contributed by atoms with Crippen molar-refractivity contribution in [1.82, 2.24) is 9.38 Å². The SMILES string of the molecule is Cc1nc2ccc(F)cn2c1C(=O)Nc1cccc(Cl)c1Cl. The number of aryl methyl sites for hydroxylation is 1. The molecule has 0 aliphatic carbocycles. The second-order valence-corrected chi connectivity index (χ2v) is 5.46. The van der Waals surface area contributed by atoms with Crippen molar-refractivity contribution in [2.45, 2.75) is 6.92 Å². The molecule has 0 bridgehead atoms. The van der Waals surface area contributed by atoms with Gasteiger partial charge in [-0.2, -0.15) is 0 Å². The van der Waals surface area contributed by atoms with E-state index in [1.165, 1.54) is 22.7 Å².